The first-order chi connectivity index (χ1) is 7.72. The molecule has 0 unspecified atom stereocenters. The van der Waals surface area contributed by atoms with E-state index in [9.17, 15) is 0 Å². The van der Waals surface area contributed by atoms with Crippen LogP contribution in [0.2, 0.25) is 0 Å². The molecule has 16 heavy (non-hydrogen) atoms. The highest BCUT2D eigenvalue weighted by Crippen LogP contribution is 2.12. The molecule has 0 amide bonds. The molecule has 86 valence electrons. The van der Waals surface area contributed by atoms with E-state index < -0.39 is 0 Å². The standard InChI is InChI=1S/C16H22/c1-4-15-11-8-12-16(13-15)10-7-5-6-9-14(2)3/h4,8,11-13H,1-2,5-7,9-10H2,3H3. The Hall–Kier alpha value is -1.30. The summed E-state index contributed by atoms with van der Waals surface area (Å²) in [6.45, 7) is 9.82. The third-order valence-corrected chi connectivity index (χ3v) is 2.76. The molecule has 1 aromatic carbocycles. The smallest absolute Gasteiger partial charge is 0.0260 e. The predicted molar refractivity (Wildman–Crippen MR) is 73.5 cm³/mol. The molecule has 0 aromatic heterocycles. The summed E-state index contributed by atoms with van der Waals surface area (Å²) in [5.41, 5.74) is 3.95. The molecule has 0 heterocycles. The van der Waals surface area contributed by atoms with Gasteiger partial charge in [0, 0.05) is 0 Å². The Morgan fingerprint density at radius 1 is 1.25 bits per heavy atom. The second-order valence-corrected chi connectivity index (χ2v) is 4.47. The fourth-order valence-electron chi connectivity index (χ4n) is 1.81. The van der Waals surface area contributed by atoms with E-state index in [1.807, 2.05) is 6.08 Å². The van der Waals surface area contributed by atoms with Crippen molar-refractivity contribution in [3.05, 3.63) is 54.1 Å². The Morgan fingerprint density at radius 3 is 2.75 bits per heavy atom. The molecule has 0 spiro atoms. The van der Waals surface area contributed by atoms with E-state index in [0.29, 0.717) is 0 Å². The zero-order chi connectivity index (χ0) is 11.8. The minimum absolute atomic E-state index is 1.17. The summed E-state index contributed by atoms with van der Waals surface area (Å²) in [4.78, 5) is 0. The van der Waals surface area contributed by atoms with Gasteiger partial charge in [-0.25, -0.2) is 0 Å². The van der Waals surface area contributed by atoms with Gasteiger partial charge in [-0.3, -0.25) is 0 Å². The summed E-state index contributed by atoms with van der Waals surface area (Å²) in [5.74, 6) is 0. The van der Waals surface area contributed by atoms with Crippen LogP contribution in [-0.4, -0.2) is 0 Å². The first-order valence-electron chi connectivity index (χ1n) is 6.08. The number of hydrogen-bond donors (Lipinski definition) is 0. The molecule has 0 fully saturated rings. The Bertz CT molecular complexity index is 347. The van der Waals surface area contributed by atoms with E-state index in [0.717, 1.165) is 0 Å². The minimum Gasteiger partial charge on any atom is -0.100 e. The van der Waals surface area contributed by atoms with Crippen molar-refractivity contribution in [1.82, 2.24) is 0 Å². The number of rotatable bonds is 7. The van der Waals surface area contributed by atoms with Gasteiger partial charge in [-0.05, 0) is 43.7 Å². The van der Waals surface area contributed by atoms with Crippen LogP contribution < -0.4 is 0 Å². The number of hydrogen-bond acceptors (Lipinski definition) is 0. The number of benzene rings is 1. The van der Waals surface area contributed by atoms with Crippen LogP contribution >= 0.6 is 0 Å². The van der Waals surface area contributed by atoms with Gasteiger partial charge in [0.15, 0.2) is 0 Å². The minimum atomic E-state index is 1.17. The van der Waals surface area contributed by atoms with Crippen LogP contribution in [0.4, 0.5) is 0 Å². The van der Waals surface area contributed by atoms with Crippen molar-refractivity contribution < 1.29 is 0 Å². The van der Waals surface area contributed by atoms with Gasteiger partial charge in [0.25, 0.3) is 0 Å². The van der Waals surface area contributed by atoms with E-state index in [2.05, 4.69) is 44.3 Å². The van der Waals surface area contributed by atoms with E-state index in [-0.39, 0.29) is 0 Å². The third kappa shape index (κ3) is 4.97. The molecular weight excluding hydrogens is 192 g/mol. The molecule has 0 aliphatic rings. The van der Waals surface area contributed by atoms with Crippen molar-refractivity contribution >= 4 is 6.08 Å². The average Bonchev–Trinajstić information content (AvgIpc) is 2.28. The van der Waals surface area contributed by atoms with Gasteiger partial charge in [0.2, 0.25) is 0 Å². The second kappa shape index (κ2) is 7.05. The van der Waals surface area contributed by atoms with Crippen molar-refractivity contribution in [2.24, 2.45) is 0 Å². The number of unbranched alkanes of at least 4 members (excludes halogenated alkanes) is 2. The zero-order valence-corrected chi connectivity index (χ0v) is 10.3. The molecule has 0 N–H and O–H groups in total. The molecular formula is C16H22. The van der Waals surface area contributed by atoms with Crippen LogP contribution in [0.5, 0.6) is 0 Å². The normalized spacial score (nSPS) is 10.1. The topological polar surface area (TPSA) is 0 Å². The van der Waals surface area contributed by atoms with Gasteiger partial charge < -0.3 is 0 Å². The van der Waals surface area contributed by atoms with Gasteiger partial charge in [-0.1, -0.05) is 48.9 Å². The van der Waals surface area contributed by atoms with Crippen LogP contribution in [0.25, 0.3) is 6.08 Å². The molecule has 0 radical (unpaired) electrons. The van der Waals surface area contributed by atoms with Crippen LogP contribution in [0.3, 0.4) is 0 Å². The lowest BCUT2D eigenvalue weighted by atomic mass is 10.0. The van der Waals surface area contributed by atoms with Crippen molar-refractivity contribution in [3.8, 4) is 0 Å². The second-order valence-electron chi connectivity index (χ2n) is 4.47. The van der Waals surface area contributed by atoms with Crippen LogP contribution in [0, 0.1) is 0 Å². The summed E-state index contributed by atoms with van der Waals surface area (Å²) in [7, 11) is 0. The fourth-order valence-corrected chi connectivity index (χ4v) is 1.81. The van der Waals surface area contributed by atoms with Gasteiger partial charge >= 0.3 is 0 Å². The summed E-state index contributed by atoms with van der Waals surface area (Å²) in [5, 5.41) is 0. The molecule has 0 nitrogen and oxygen atoms in total. The van der Waals surface area contributed by atoms with Crippen LogP contribution in [0.1, 0.15) is 43.7 Å². The fraction of sp³-hybridized carbons (Fsp3) is 0.375. The Morgan fingerprint density at radius 2 is 2.06 bits per heavy atom. The highest BCUT2D eigenvalue weighted by Gasteiger charge is 1.95. The Kier molecular flexibility index (Phi) is 5.63. The van der Waals surface area contributed by atoms with E-state index in [1.165, 1.54) is 48.8 Å². The van der Waals surface area contributed by atoms with Gasteiger partial charge in [0.05, 0.1) is 0 Å². The van der Waals surface area contributed by atoms with Gasteiger partial charge in [0.1, 0.15) is 0 Å². The average molecular weight is 214 g/mol. The lowest BCUT2D eigenvalue weighted by molar-refractivity contribution is 0.676. The van der Waals surface area contributed by atoms with Crippen LogP contribution in [0.15, 0.2) is 43.0 Å². The van der Waals surface area contributed by atoms with Crippen molar-refractivity contribution in [3.63, 3.8) is 0 Å². The first-order valence-corrected chi connectivity index (χ1v) is 6.08. The lowest BCUT2D eigenvalue weighted by Gasteiger charge is -2.03. The Labute approximate surface area is 99.7 Å². The zero-order valence-electron chi connectivity index (χ0n) is 10.3. The predicted octanol–water partition coefficient (Wildman–Crippen LogP) is 5.01. The maximum absolute atomic E-state index is 3.92. The van der Waals surface area contributed by atoms with Crippen molar-refractivity contribution in [2.75, 3.05) is 0 Å². The molecule has 0 bridgehead atoms. The summed E-state index contributed by atoms with van der Waals surface area (Å²) >= 11 is 0. The maximum atomic E-state index is 3.92. The summed E-state index contributed by atoms with van der Waals surface area (Å²) in [6, 6.07) is 8.63. The molecule has 0 saturated heterocycles. The van der Waals surface area contributed by atoms with E-state index in [1.54, 1.807) is 0 Å². The van der Waals surface area contributed by atoms with E-state index >= 15 is 0 Å². The monoisotopic (exact) mass is 214 g/mol. The summed E-state index contributed by atoms with van der Waals surface area (Å²) in [6.07, 6.45) is 8.10. The first kappa shape index (κ1) is 12.8. The molecule has 0 aliphatic heterocycles. The summed E-state index contributed by atoms with van der Waals surface area (Å²) < 4.78 is 0. The van der Waals surface area contributed by atoms with E-state index in [4.69, 9.17) is 0 Å². The van der Waals surface area contributed by atoms with Crippen LogP contribution in [-0.2, 0) is 6.42 Å². The van der Waals surface area contributed by atoms with Crippen molar-refractivity contribution in [2.45, 2.75) is 39.0 Å². The number of allylic oxidation sites excluding steroid dienone is 1. The molecule has 1 aromatic rings. The highest BCUT2D eigenvalue weighted by molar-refractivity contribution is 5.47. The molecule has 0 saturated carbocycles. The molecule has 0 aliphatic carbocycles. The molecule has 0 atom stereocenters. The number of aryl methyl sites for hydroxylation is 1. The lowest BCUT2D eigenvalue weighted by Crippen LogP contribution is -1.87. The van der Waals surface area contributed by atoms with Gasteiger partial charge in [-0.2, -0.15) is 0 Å². The quantitative estimate of drug-likeness (QED) is 0.442. The molecule has 1 rings (SSSR count). The highest BCUT2D eigenvalue weighted by atomic mass is 14.0. The van der Waals surface area contributed by atoms with Gasteiger partial charge in [-0.15, -0.1) is 6.58 Å². The molecule has 0 heteroatoms. The Balaban J connectivity index is 2.26. The SMILES string of the molecule is C=Cc1cccc(CCCCCC(=C)C)c1. The maximum Gasteiger partial charge on any atom is -0.0260 e. The largest absolute Gasteiger partial charge is 0.100 e. The third-order valence-electron chi connectivity index (χ3n) is 2.76. The van der Waals surface area contributed by atoms with Crippen molar-refractivity contribution in [1.29, 1.82) is 0 Å².